The summed E-state index contributed by atoms with van der Waals surface area (Å²) in [7, 11) is 0. The maximum Gasteiger partial charge on any atom is 0.253 e. The largest absolute Gasteiger partial charge is 0.352 e. The zero-order valence-corrected chi connectivity index (χ0v) is 18.1. The van der Waals surface area contributed by atoms with E-state index in [1.165, 1.54) is 24.3 Å². The molecule has 4 rings (SSSR count). The van der Waals surface area contributed by atoms with Gasteiger partial charge >= 0.3 is 0 Å². The van der Waals surface area contributed by atoms with Crippen molar-refractivity contribution in [2.24, 2.45) is 5.92 Å². The van der Waals surface area contributed by atoms with Gasteiger partial charge in [-0.3, -0.25) is 14.4 Å². The summed E-state index contributed by atoms with van der Waals surface area (Å²) in [5.41, 5.74) is 2.01. The number of benzene rings is 2. The number of piperidine rings is 1. The molecule has 2 heterocycles. The Hall–Kier alpha value is -3.22. The first kappa shape index (κ1) is 22.0. The zero-order chi connectivity index (χ0) is 22.5. The molecule has 7 heteroatoms. The predicted octanol–water partition coefficient (Wildman–Crippen LogP) is 3.23. The van der Waals surface area contributed by atoms with Crippen LogP contribution in [-0.4, -0.2) is 53.7 Å². The number of halogens is 1. The first-order chi connectivity index (χ1) is 15.5. The van der Waals surface area contributed by atoms with E-state index in [1.54, 1.807) is 4.90 Å². The first-order valence-electron chi connectivity index (χ1n) is 11.2. The monoisotopic (exact) mass is 437 g/mol. The summed E-state index contributed by atoms with van der Waals surface area (Å²) >= 11 is 0. The molecule has 0 radical (unpaired) electrons. The number of hydrogen-bond acceptors (Lipinski definition) is 3. The summed E-state index contributed by atoms with van der Waals surface area (Å²) in [4.78, 5) is 41.4. The lowest BCUT2D eigenvalue weighted by atomic mass is 9.95. The van der Waals surface area contributed by atoms with Gasteiger partial charge in [0.25, 0.3) is 11.8 Å². The minimum absolute atomic E-state index is 0.0323. The first-order valence-corrected chi connectivity index (χ1v) is 11.2. The standard InChI is InChI=1S/C25H28FN3O3/c26-22-8-6-20(7-9-22)24(31)29-14-10-19(11-15-29)23(30)27-17-18-4-3-5-21(16-18)25(32)28-12-1-2-13-28/h3-9,16,19H,1-2,10-15,17H2,(H,27,30). The second-order valence-corrected chi connectivity index (χ2v) is 8.49. The molecule has 2 aromatic carbocycles. The molecule has 2 saturated heterocycles. The molecule has 2 aromatic rings. The van der Waals surface area contributed by atoms with Gasteiger partial charge in [-0.2, -0.15) is 0 Å². The van der Waals surface area contributed by atoms with E-state index in [2.05, 4.69) is 5.32 Å². The Morgan fingerprint density at radius 1 is 0.844 bits per heavy atom. The summed E-state index contributed by atoms with van der Waals surface area (Å²) in [6, 6.07) is 13.0. The van der Waals surface area contributed by atoms with Crippen molar-refractivity contribution in [3.05, 3.63) is 71.0 Å². The van der Waals surface area contributed by atoms with Crippen molar-refractivity contribution in [2.45, 2.75) is 32.2 Å². The molecule has 2 fully saturated rings. The molecule has 0 unspecified atom stereocenters. The Kier molecular flexibility index (Phi) is 6.83. The van der Waals surface area contributed by atoms with Gasteiger partial charge in [0, 0.05) is 49.8 Å². The minimum Gasteiger partial charge on any atom is -0.352 e. The van der Waals surface area contributed by atoms with Gasteiger partial charge in [-0.25, -0.2) is 4.39 Å². The molecule has 2 aliphatic heterocycles. The van der Waals surface area contributed by atoms with Crippen LogP contribution >= 0.6 is 0 Å². The van der Waals surface area contributed by atoms with Gasteiger partial charge in [0.15, 0.2) is 0 Å². The van der Waals surface area contributed by atoms with Crippen LogP contribution < -0.4 is 5.32 Å². The van der Waals surface area contributed by atoms with Gasteiger partial charge in [-0.1, -0.05) is 12.1 Å². The summed E-state index contributed by atoms with van der Waals surface area (Å²) in [6.07, 6.45) is 3.28. The van der Waals surface area contributed by atoms with Crippen LogP contribution in [0.2, 0.25) is 0 Å². The van der Waals surface area contributed by atoms with E-state index in [9.17, 15) is 18.8 Å². The van der Waals surface area contributed by atoms with E-state index < -0.39 is 0 Å². The molecule has 0 spiro atoms. The van der Waals surface area contributed by atoms with Gasteiger partial charge < -0.3 is 15.1 Å². The summed E-state index contributed by atoms with van der Waals surface area (Å²) in [5.74, 6) is -0.642. The van der Waals surface area contributed by atoms with E-state index in [-0.39, 0.29) is 29.5 Å². The third-order valence-corrected chi connectivity index (χ3v) is 6.28. The fourth-order valence-electron chi connectivity index (χ4n) is 4.37. The van der Waals surface area contributed by atoms with Crippen molar-refractivity contribution >= 4 is 17.7 Å². The minimum atomic E-state index is -0.372. The number of amides is 3. The highest BCUT2D eigenvalue weighted by atomic mass is 19.1. The Morgan fingerprint density at radius 3 is 2.16 bits per heavy atom. The molecule has 6 nitrogen and oxygen atoms in total. The number of carbonyl (C=O) groups is 3. The fraction of sp³-hybridized carbons (Fsp3) is 0.400. The molecule has 1 N–H and O–H groups in total. The van der Waals surface area contributed by atoms with Gasteiger partial charge in [0.05, 0.1) is 0 Å². The highest BCUT2D eigenvalue weighted by molar-refractivity contribution is 5.95. The van der Waals surface area contributed by atoms with E-state index >= 15 is 0 Å². The number of nitrogens with zero attached hydrogens (tertiary/aromatic N) is 2. The van der Waals surface area contributed by atoms with Crippen molar-refractivity contribution in [1.82, 2.24) is 15.1 Å². The molecule has 2 aliphatic rings. The molecule has 168 valence electrons. The van der Waals surface area contributed by atoms with Crippen molar-refractivity contribution in [3.63, 3.8) is 0 Å². The van der Waals surface area contributed by atoms with Crippen LogP contribution in [0.5, 0.6) is 0 Å². The van der Waals surface area contributed by atoms with Crippen molar-refractivity contribution < 1.29 is 18.8 Å². The predicted molar refractivity (Wildman–Crippen MR) is 118 cm³/mol. The van der Waals surface area contributed by atoms with Crippen LogP contribution in [0.25, 0.3) is 0 Å². The molecule has 32 heavy (non-hydrogen) atoms. The molecule has 0 aromatic heterocycles. The zero-order valence-electron chi connectivity index (χ0n) is 18.1. The average Bonchev–Trinajstić information content (AvgIpc) is 3.37. The Bertz CT molecular complexity index is 978. The highest BCUT2D eigenvalue weighted by Gasteiger charge is 2.28. The lowest BCUT2D eigenvalue weighted by Gasteiger charge is -2.31. The van der Waals surface area contributed by atoms with E-state index in [4.69, 9.17) is 0 Å². The highest BCUT2D eigenvalue weighted by Crippen LogP contribution is 2.20. The smallest absolute Gasteiger partial charge is 0.253 e. The van der Waals surface area contributed by atoms with Gasteiger partial charge in [-0.15, -0.1) is 0 Å². The molecule has 0 atom stereocenters. The maximum absolute atomic E-state index is 13.1. The van der Waals surface area contributed by atoms with Crippen LogP contribution in [-0.2, 0) is 11.3 Å². The molecular formula is C25H28FN3O3. The maximum atomic E-state index is 13.1. The number of nitrogens with one attached hydrogen (secondary N) is 1. The van der Waals surface area contributed by atoms with Crippen LogP contribution in [0.15, 0.2) is 48.5 Å². The lowest BCUT2D eigenvalue weighted by molar-refractivity contribution is -0.126. The fourth-order valence-corrected chi connectivity index (χ4v) is 4.37. The SMILES string of the molecule is O=C(NCc1cccc(C(=O)N2CCCC2)c1)C1CCN(C(=O)c2ccc(F)cc2)CC1. The second kappa shape index (κ2) is 9.94. The quantitative estimate of drug-likeness (QED) is 0.781. The van der Waals surface area contributed by atoms with Crippen molar-refractivity contribution in [2.75, 3.05) is 26.2 Å². The van der Waals surface area contributed by atoms with Crippen molar-refractivity contribution in [1.29, 1.82) is 0 Å². The van der Waals surface area contributed by atoms with Crippen LogP contribution in [0, 0.1) is 11.7 Å². The lowest BCUT2D eigenvalue weighted by Crippen LogP contribution is -2.42. The normalized spacial score (nSPS) is 16.8. The summed E-state index contributed by atoms with van der Waals surface area (Å²) in [6.45, 7) is 2.97. The molecule has 0 aliphatic carbocycles. The Balaban J connectivity index is 1.26. The third kappa shape index (κ3) is 5.15. The van der Waals surface area contributed by atoms with Crippen molar-refractivity contribution in [3.8, 4) is 0 Å². The van der Waals surface area contributed by atoms with Crippen LogP contribution in [0.4, 0.5) is 4.39 Å². The molecule has 0 saturated carbocycles. The van der Waals surface area contributed by atoms with Gasteiger partial charge in [-0.05, 0) is 67.6 Å². The van der Waals surface area contributed by atoms with E-state index in [0.29, 0.717) is 43.6 Å². The molecular weight excluding hydrogens is 409 g/mol. The second-order valence-electron chi connectivity index (χ2n) is 8.49. The molecule has 0 bridgehead atoms. The van der Waals surface area contributed by atoms with Crippen LogP contribution in [0.3, 0.4) is 0 Å². The third-order valence-electron chi connectivity index (χ3n) is 6.28. The number of likely N-dealkylation sites (tertiary alicyclic amines) is 2. The van der Waals surface area contributed by atoms with Crippen LogP contribution in [0.1, 0.15) is 52.0 Å². The topological polar surface area (TPSA) is 69.7 Å². The molecule has 3 amide bonds. The Labute approximate surface area is 187 Å². The number of rotatable bonds is 5. The number of carbonyl (C=O) groups excluding carboxylic acids is 3. The average molecular weight is 438 g/mol. The summed E-state index contributed by atoms with van der Waals surface area (Å²) in [5, 5.41) is 2.98. The Morgan fingerprint density at radius 2 is 1.47 bits per heavy atom. The number of hydrogen-bond donors (Lipinski definition) is 1. The van der Waals surface area contributed by atoms with Gasteiger partial charge in [0.1, 0.15) is 5.82 Å². The van der Waals surface area contributed by atoms with Gasteiger partial charge in [0.2, 0.25) is 5.91 Å². The van der Waals surface area contributed by atoms with E-state index in [1.807, 2.05) is 29.2 Å². The summed E-state index contributed by atoms with van der Waals surface area (Å²) < 4.78 is 13.1. The van der Waals surface area contributed by atoms with E-state index in [0.717, 1.165) is 31.5 Å².